The number of aromatic amines is 1. The minimum absolute atomic E-state index is 0.521. The molecule has 0 amide bonds. The maximum atomic E-state index is 6.06. The first-order chi connectivity index (χ1) is 9.15. The first kappa shape index (κ1) is 12.7. The summed E-state index contributed by atoms with van der Waals surface area (Å²) in [6.07, 6.45) is 0. The van der Waals surface area contributed by atoms with Gasteiger partial charge in [0.25, 0.3) is 0 Å². The van der Waals surface area contributed by atoms with Gasteiger partial charge in [0.1, 0.15) is 5.82 Å². The molecule has 0 fully saturated rings. The normalized spacial score (nSPS) is 11.1. The Kier molecular flexibility index (Phi) is 3.31. The molecule has 96 valence electrons. The molecule has 0 aliphatic carbocycles. The zero-order chi connectivity index (χ0) is 13.4. The van der Waals surface area contributed by atoms with Crippen LogP contribution in [0.5, 0.6) is 0 Å². The largest absolute Gasteiger partial charge is 0.338 e. The standard InChI is InChI=1S/C14H11BrClN3/c15-10-4-9(5-11(16)6-10)14-18-12-2-1-8(7-17)3-13(12)19-14/h1-6H,7,17H2,(H,18,19). The van der Waals surface area contributed by atoms with Crippen molar-refractivity contribution in [1.82, 2.24) is 9.97 Å². The molecule has 0 saturated heterocycles. The summed E-state index contributed by atoms with van der Waals surface area (Å²) in [5.41, 5.74) is 9.57. The Labute approximate surface area is 123 Å². The van der Waals surface area contributed by atoms with E-state index in [4.69, 9.17) is 17.3 Å². The van der Waals surface area contributed by atoms with E-state index in [1.54, 1.807) is 0 Å². The van der Waals surface area contributed by atoms with Crippen LogP contribution in [-0.4, -0.2) is 9.97 Å². The number of nitrogens with one attached hydrogen (secondary N) is 1. The van der Waals surface area contributed by atoms with E-state index in [0.717, 1.165) is 32.5 Å². The molecule has 0 spiro atoms. The molecule has 2 aromatic carbocycles. The Hall–Kier alpha value is -1.36. The summed E-state index contributed by atoms with van der Waals surface area (Å²) in [7, 11) is 0. The predicted octanol–water partition coefficient (Wildman–Crippen LogP) is 4.10. The average Bonchev–Trinajstić information content (AvgIpc) is 2.80. The van der Waals surface area contributed by atoms with Gasteiger partial charge >= 0.3 is 0 Å². The van der Waals surface area contributed by atoms with Gasteiger partial charge in [-0.2, -0.15) is 0 Å². The molecule has 0 aliphatic heterocycles. The molecule has 3 rings (SSSR count). The van der Waals surface area contributed by atoms with Gasteiger partial charge in [-0.1, -0.05) is 33.6 Å². The molecule has 0 aliphatic rings. The third kappa shape index (κ3) is 2.52. The van der Waals surface area contributed by atoms with E-state index >= 15 is 0 Å². The van der Waals surface area contributed by atoms with E-state index in [9.17, 15) is 0 Å². The van der Waals surface area contributed by atoms with Crippen molar-refractivity contribution in [1.29, 1.82) is 0 Å². The van der Waals surface area contributed by atoms with Crippen LogP contribution in [0.4, 0.5) is 0 Å². The number of halogens is 2. The van der Waals surface area contributed by atoms with Gasteiger partial charge in [0.2, 0.25) is 0 Å². The van der Waals surface area contributed by atoms with Gasteiger partial charge in [-0.15, -0.1) is 0 Å². The second kappa shape index (κ2) is 4.96. The smallest absolute Gasteiger partial charge is 0.138 e. The molecule has 0 saturated carbocycles. The zero-order valence-corrected chi connectivity index (χ0v) is 12.3. The maximum Gasteiger partial charge on any atom is 0.138 e. The molecule has 0 radical (unpaired) electrons. The molecule has 3 nitrogen and oxygen atoms in total. The molecule has 3 N–H and O–H groups in total. The molecule has 1 heterocycles. The lowest BCUT2D eigenvalue weighted by molar-refractivity contribution is 1.07. The monoisotopic (exact) mass is 335 g/mol. The number of nitrogens with two attached hydrogens (primary N) is 1. The highest BCUT2D eigenvalue weighted by Gasteiger charge is 2.07. The highest BCUT2D eigenvalue weighted by molar-refractivity contribution is 9.10. The fraction of sp³-hybridized carbons (Fsp3) is 0.0714. The van der Waals surface area contributed by atoms with E-state index in [0.29, 0.717) is 11.6 Å². The van der Waals surface area contributed by atoms with E-state index in [2.05, 4.69) is 25.9 Å². The summed E-state index contributed by atoms with van der Waals surface area (Å²) < 4.78 is 0.929. The molecule has 0 atom stereocenters. The van der Waals surface area contributed by atoms with Crippen molar-refractivity contribution in [3.63, 3.8) is 0 Å². The van der Waals surface area contributed by atoms with Crippen molar-refractivity contribution in [2.75, 3.05) is 0 Å². The van der Waals surface area contributed by atoms with Crippen molar-refractivity contribution in [3.05, 3.63) is 51.5 Å². The number of nitrogens with zero attached hydrogens (tertiary/aromatic N) is 1. The lowest BCUT2D eigenvalue weighted by Gasteiger charge is -1.99. The number of hydrogen-bond donors (Lipinski definition) is 2. The van der Waals surface area contributed by atoms with E-state index < -0.39 is 0 Å². The SMILES string of the molecule is NCc1ccc2nc(-c3cc(Cl)cc(Br)c3)[nH]c2c1. The summed E-state index contributed by atoms with van der Waals surface area (Å²) in [5.74, 6) is 0.798. The molecule has 5 heteroatoms. The maximum absolute atomic E-state index is 6.06. The van der Waals surface area contributed by atoms with Crippen LogP contribution in [0.2, 0.25) is 5.02 Å². The van der Waals surface area contributed by atoms with Crippen LogP contribution in [-0.2, 0) is 6.54 Å². The number of aromatic nitrogens is 2. The average molecular weight is 337 g/mol. The summed E-state index contributed by atoms with van der Waals surface area (Å²) in [6, 6.07) is 11.7. The zero-order valence-electron chi connectivity index (χ0n) is 9.95. The van der Waals surface area contributed by atoms with Crippen LogP contribution >= 0.6 is 27.5 Å². The molecule has 0 unspecified atom stereocenters. The van der Waals surface area contributed by atoms with Crippen molar-refractivity contribution in [2.45, 2.75) is 6.54 Å². The predicted molar refractivity (Wildman–Crippen MR) is 82.1 cm³/mol. The minimum Gasteiger partial charge on any atom is -0.338 e. The number of H-pyrrole nitrogens is 1. The van der Waals surface area contributed by atoms with Crippen LogP contribution in [0.3, 0.4) is 0 Å². The van der Waals surface area contributed by atoms with Crippen molar-refractivity contribution < 1.29 is 0 Å². The quantitative estimate of drug-likeness (QED) is 0.740. The summed E-state index contributed by atoms with van der Waals surface area (Å²) in [6.45, 7) is 0.521. The number of rotatable bonds is 2. The number of benzene rings is 2. The van der Waals surface area contributed by atoms with Gasteiger partial charge in [-0.05, 0) is 35.9 Å². The Morgan fingerprint density at radius 3 is 2.79 bits per heavy atom. The van der Waals surface area contributed by atoms with Gasteiger partial charge in [0.15, 0.2) is 0 Å². The first-order valence-corrected chi connectivity index (χ1v) is 6.98. The third-order valence-corrected chi connectivity index (χ3v) is 3.59. The van der Waals surface area contributed by atoms with Gasteiger partial charge < -0.3 is 10.7 Å². The highest BCUT2D eigenvalue weighted by atomic mass is 79.9. The summed E-state index contributed by atoms with van der Waals surface area (Å²) in [5, 5.41) is 0.674. The van der Waals surface area contributed by atoms with Crippen LogP contribution in [0.25, 0.3) is 22.4 Å². The van der Waals surface area contributed by atoms with E-state index in [-0.39, 0.29) is 0 Å². The molecule has 1 aromatic heterocycles. The summed E-state index contributed by atoms with van der Waals surface area (Å²) in [4.78, 5) is 7.86. The van der Waals surface area contributed by atoms with Crippen LogP contribution in [0, 0.1) is 0 Å². The van der Waals surface area contributed by atoms with Crippen molar-refractivity contribution in [2.24, 2.45) is 5.73 Å². The molecule has 19 heavy (non-hydrogen) atoms. The molecular weight excluding hydrogens is 326 g/mol. The van der Waals surface area contributed by atoms with E-state index in [1.165, 1.54) is 0 Å². The molecule has 0 bridgehead atoms. The van der Waals surface area contributed by atoms with Crippen LogP contribution in [0.15, 0.2) is 40.9 Å². The summed E-state index contributed by atoms with van der Waals surface area (Å²) >= 11 is 9.49. The van der Waals surface area contributed by atoms with Crippen molar-refractivity contribution in [3.8, 4) is 11.4 Å². The Bertz CT molecular complexity index is 731. The number of imidazole rings is 1. The van der Waals surface area contributed by atoms with Crippen LogP contribution in [0.1, 0.15) is 5.56 Å². The van der Waals surface area contributed by atoms with Gasteiger partial charge in [0.05, 0.1) is 11.0 Å². The lowest BCUT2D eigenvalue weighted by Crippen LogP contribution is -1.95. The van der Waals surface area contributed by atoms with Crippen molar-refractivity contribution >= 4 is 38.6 Å². The Balaban J connectivity index is 2.14. The Morgan fingerprint density at radius 2 is 2.05 bits per heavy atom. The third-order valence-electron chi connectivity index (χ3n) is 2.92. The molecular formula is C14H11BrClN3. The second-order valence-corrected chi connectivity index (χ2v) is 5.65. The highest BCUT2D eigenvalue weighted by Crippen LogP contribution is 2.27. The lowest BCUT2D eigenvalue weighted by atomic mass is 10.2. The molecule has 3 aromatic rings. The van der Waals surface area contributed by atoms with Crippen LogP contribution < -0.4 is 5.73 Å². The number of fused-ring (bicyclic) bond motifs is 1. The van der Waals surface area contributed by atoms with Gasteiger partial charge in [-0.3, -0.25) is 0 Å². The first-order valence-electron chi connectivity index (χ1n) is 5.81. The Morgan fingerprint density at radius 1 is 1.21 bits per heavy atom. The van der Waals surface area contributed by atoms with Gasteiger partial charge in [0, 0.05) is 21.6 Å². The van der Waals surface area contributed by atoms with E-state index in [1.807, 2.05) is 36.4 Å². The topological polar surface area (TPSA) is 54.7 Å². The second-order valence-electron chi connectivity index (χ2n) is 4.30. The van der Waals surface area contributed by atoms with Gasteiger partial charge in [-0.25, -0.2) is 4.98 Å². The number of hydrogen-bond acceptors (Lipinski definition) is 2. The minimum atomic E-state index is 0.521. The fourth-order valence-corrected chi connectivity index (χ4v) is 2.87. The fourth-order valence-electron chi connectivity index (χ4n) is 2.01.